The van der Waals surface area contributed by atoms with E-state index in [9.17, 15) is 4.39 Å². The molecule has 116 valence electrons. The maximum atomic E-state index is 13.3. The quantitative estimate of drug-likeness (QED) is 0.876. The number of hydrogen-bond acceptors (Lipinski definition) is 4. The minimum Gasteiger partial charge on any atom is -0.350 e. The third-order valence-electron chi connectivity index (χ3n) is 3.33. The average molecular weight is 300 g/mol. The van der Waals surface area contributed by atoms with Gasteiger partial charge in [0.15, 0.2) is 0 Å². The van der Waals surface area contributed by atoms with Crippen molar-refractivity contribution in [1.29, 1.82) is 0 Å². The van der Waals surface area contributed by atoms with Crippen LogP contribution in [0.2, 0.25) is 0 Å². The summed E-state index contributed by atoms with van der Waals surface area (Å²) in [5.41, 5.74) is 1.61. The Bertz CT molecular complexity index is 675. The minimum absolute atomic E-state index is 0.113. The highest BCUT2D eigenvalue weighted by molar-refractivity contribution is 5.58. The Balaban J connectivity index is 1.89. The summed E-state index contributed by atoms with van der Waals surface area (Å²) in [6.45, 7) is 6.21. The predicted octanol–water partition coefficient (Wildman–Crippen LogP) is 4.45. The summed E-state index contributed by atoms with van der Waals surface area (Å²) < 4.78 is 13.3. The van der Waals surface area contributed by atoms with Crippen molar-refractivity contribution in [1.82, 2.24) is 9.97 Å². The Morgan fingerprint density at radius 2 is 1.91 bits per heavy atom. The van der Waals surface area contributed by atoms with Crippen LogP contribution in [0.4, 0.5) is 21.8 Å². The molecule has 4 nitrogen and oxygen atoms in total. The molecule has 0 spiro atoms. The first-order chi connectivity index (χ1) is 10.4. The van der Waals surface area contributed by atoms with Gasteiger partial charge in [0.25, 0.3) is 0 Å². The zero-order valence-electron chi connectivity index (χ0n) is 13.2. The molecule has 2 aromatic rings. The smallest absolute Gasteiger partial charge is 0.225 e. The lowest BCUT2D eigenvalue weighted by atomic mass is 10.1. The highest BCUT2D eigenvalue weighted by Gasteiger charge is 2.26. The van der Waals surface area contributed by atoms with Gasteiger partial charge in [0.05, 0.1) is 5.69 Å². The van der Waals surface area contributed by atoms with Crippen molar-refractivity contribution in [2.24, 2.45) is 0 Å². The van der Waals surface area contributed by atoms with Gasteiger partial charge >= 0.3 is 0 Å². The lowest BCUT2D eigenvalue weighted by Gasteiger charge is -2.21. The van der Waals surface area contributed by atoms with Crippen LogP contribution in [0.25, 0.3) is 0 Å². The molecule has 1 aliphatic carbocycles. The van der Waals surface area contributed by atoms with Gasteiger partial charge in [-0.2, -0.15) is 4.98 Å². The molecule has 1 saturated carbocycles. The average Bonchev–Trinajstić information content (AvgIpc) is 3.20. The maximum Gasteiger partial charge on any atom is 0.225 e. The molecule has 0 atom stereocenters. The third-order valence-corrected chi connectivity index (χ3v) is 3.33. The van der Waals surface area contributed by atoms with Crippen molar-refractivity contribution in [3.05, 3.63) is 41.8 Å². The van der Waals surface area contributed by atoms with Gasteiger partial charge in [0.1, 0.15) is 11.6 Å². The molecule has 0 radical (unpaired) electrons. The second kappa shape index (κ2) is 5.55. The fourth-order valence-corrected chi connectivity index (χ4v) is 2.22. The van der Waals surface area contributed by atoms with Crippen molar-refractivity contribution in [2.45, 2.75) is 45.1 Å². The molecule has 0 saturated heterocycles. The summed E-state index contributed by atoms with van der Waals surface area (Å²) in [4.78, 5) is 9.10. The van der Waals surface area contributed by atoms with E-state index in [2.05, 4.69) is 41.4 Å². The molecule has 0 unspecified atom stereocenters. The van der Waals surface area contributed by atoms with Crippen LogP contribution in [0.3, 0.4) is 0 Å². The van der Waals surface area contributed by atoms with Crippen molar-refractivity contribution in [2.75, 3.05) is 10.6 Å². The Labute approximate surface area is 130 Å². The molecule has 1 aromatic heterocycles. The van der Waals surface area contributed by atoms with E-state index in [-0.39, 0.29) is 11.4 Å². The third kappa shape index (κ3) is 3.93. The number of hydrogen-bond donors (Lipinski definition) is 2. The molecular formula is C17H21FN4. The van der Waals surface area contributed by atoms with Gasteiger partial charge in [-0.15, -0.1) is 0 Å². The van der Waals surface area contributed by atoms with E-state index in [0.717, 1.165) is 5.69 Å². The van der Waals surface area contributed by atoms with E-state index >= 15 is 0 Å². The van der Waals surface area contributed by atoms with Gasteiger partial charge in [-0.3, -0.25) is 0 Å². The van der Waals surface area contributed by atoms with Crippen LogP contribution in [0.5, 0.6) is 0 Å². The molecule has 1 heterocycles. The van der Waals surface area contributed by atoms with Crippen LogP contribution in [0.1, 0.15) is 45.2 Å². The van der Waals surface area contributed by atoms with E-state index < -0.39 is 0 Å². The Hall–Kier alpha value is -2.17. The number of nitrogens with one attached hydrogen (secondary N) is 2. The van der Waals surface area contributed by atoms with Gasteiger partial charge in [-0.1, -0.05) is 6.07 Å². The maximum absolute atomic E-state index is 13.3. The molecule has 1 aliphatic rings. The molecule has 22 heavy (non-hydrogen) atoms. The van der Waals surface area contributed by atoms with E-state index in [1.54, 1.807) is 6.07 Å². The monoisotopic (exact) mass is 300 g/mol. The number of nitrogens with zero attached hydrogens (tertiary/aromatic N) is 2. The number of anilines is 3. The summed E-state index contributed by atoms with van der Waals surface area (Å²) in [5, 5.41) is 6.47. The highest BCUT2D eigenvalue weighted by Crippen LogP contribution is 2.40. The topological polar surface area (TPSA) is 49.8 Å². The molecule has 2 N–H and O–H groups in total. The molecule has 1 fully saturated rings. The van der Waals surface area contributed by atoms with Crippen LogP contribution >= 0.6 is 0 Å². The zero-order valence-corrected chi connectivity index (χ0v) is 13.2. The van der Waals surface area contributed by atoms with Crippen LogP contribution < -0.4 is 10.6 Å². The SMILES string of the molecule is CC(C)(C)Nc1nc(Nc2cccc(F)c2)cc(C2CC2)n1. The molecule has 0 aliphatic heterocycles. The van der Waals surface area contributed by atoms with Crippen molar-refractivity contribution in [3.8, 4) is 0 Å². The summed E-state index contributed by atoms with van der Waals surface area (Å²) in [6, 6.07) is 8.33. The molecule has 0 bridgehead atoms. The van der Waals surface area contributed by atoms with Gasteiger partial charge in [-0.05, 0) is 51.8 Å². The molecule has 5 heteroatoms. The Kier molecular flexibility index (Phi) is 3.72. The van der Waals surface area contributed by atoms with E-state index in [0.29, 0.717) is 23.4 Å². The Morgan fingerprint density at radius 3 is 2.55 bits per heavy atom. The fraction of sp³-hybridized carbons (Fsp3) is 0.412. The minimum atomic E-state index is -0.269. The van der Waals surface area contributed by atoms with Crippen LogP contribution in [-0.4, -0.2) is 15.5 Å². The summed E-state index contributed by atoms with van der Waals surface area (Å²) >= 11 is 0. The van der Waals surface area contributed by atoms with E-state index in [1.807, 2.05) is 12.1 Å². The molecule has 0 amide bonds. The normalized spacial score (nSPS) is 14.7. The van der Waals surface area contributed by atoms with Gasteiger partial charge in [-0.25, -0.2) is 9.37 Å². The van der Waals surface area contributed by atoms with Crippen molar-refractivity contribution >= 4 is 17.5 Å². The molecular weight excluding hydrogens is 279 g/mol. The number of aromatic nitrogens is 2. The van der Waals surface area contributed by atoms with Crippen LogP contribution in [0, 0.1) is 5.82 Å². The largest absolute Gasteiger partial charge is 0.350 e. The van der Waals surface area contributed by atoms with Crippen LogP contribution in [0.15, 0.2) is 30.3 Å². The van der Waals surface area contributed by atoms with Gasteiger partial charge in [0, 0.05) is 23.2 Å². The first-order valence-corrected chi connectivity index (χ1v) is 7.59. The molecule has 3 rings (SSSR count). The van der Waals surface area contributed by atoms with Crippen LogP contribution in [-0.2, 0) is 0 Å². The zero-order chi connectivity index (χ0) is 15.7. The fourth-order valence-electron chi connectivity index (χ4n) is 2.22. The first kappa shape index (κ1) is 14.8. The lowest BCUT2D eigenvalue weighted by molar-refractivity contribution is 0.625. The second-order valence-corrected chi connectivity index (χ2v) is 6.79. The predicted molar refractivity (Wildman–Crippen MR) is 87.1 cm³/mol. The van der Waals surface area contributed by atoms with Gasteiger partial charge < -0.3 is 10.6 Å². The first-order valence-electron chi connectivity index (χ1n) is 7.59. The summed E-state index contributed by atoms with van der Waals surface area (Å²) in [6.07, 6.45) is 2.34. The van der Waals surface area contributed by atoms with Crippen molar-refractivity contribution < 1.29 is 4.39 Å². The van der Waals surface area contributed by atoms with Crippen molar-refractivity contribution in [3.63, 3.8) is 0 Å². The lowest BCUT2D eigenvalue weighted by Crippen LogP contribution is -2.27. The number of benzene rings is 1. The summed E-state index contributed by atoms with van der Waals surface area (Å²) in [5.74, 6) is 1.55. The Morgan fingerprint density at radius 1 is 1.14 bits per heavy atom. The van der Waals surface area contributed by atoms with E-state index in [1.165, 1.54) is 25.0 Å². The summed E-state index contributed by atoms with van der Waals surface area (Å²) in [7, 11) is 0. The molecule has 1 aromatic carbocycles. The van der Waals surface area contributed by atoms with E-state index in [4.69, 9.17) is 0 Å². The highest BCUT2D eigenvalue weighted by atomic mass is 19.1. The number of rotatable bonds is 4. The van der Waals surface area contributed by atoms with Gasteiger partial charge in [0.2, 0.25) is 5.95 Å². The number of halogens is 1. The second-order valence-electron chi connectivity index (χ2n) is 6.79. The standard InChI is InChI=1S/C17H21FN4/c1-17(2,3)22-16-20-14(11-7-8-11)10-15(21-16)19-13-6-4-5-12(18)9-13/h4-6,9-11H,7-8H2,1-3H3,(H2,19,20,21,22).